The Morgan fingerprint density at radius 2 is 2.05 bits per heavy atom. The Bertz CT molecular complexity index is 423. The third-order valence-corrected chi connectivity index (χ3v) is 3.06. The average Bonchev–Trinajstić information content (AvgIpc) is 2.33. The highest BCUT2D eigenvalue weighted by atomic mass is 35.5. The number of halogens is 2. The number of carbonyl (C=O) groups is 1. The lowest BCUT2D eigenvalue weighted by atomic mass is 9.92. The zero-order valence-corrected chi connectivity index (χ0v) is 12.2. The fourth-order valence-electron chi connectivity index (χ4n) is 1.98. The number of rotatable bonds is 3. The highest BCUT2D eigenvalue weighted by Crippen LogP contribution is 2.28. The molecule has 1 aromatic rings. The number of piperidine rings is 1. The molecule has 0 bridgehead atoms. The number of carboxylic acids is 1. The van der Waals surface area contributed by atoms with Crippen LogP contribution >= 0.6 is 24.8 Å². The number of ether oxygens (including phenoxy) is 1. The lowest BCUT2D eigenvalue weighted by Crippen LogP contribution is -2.52. The molecule has 1 aromatic heterocycles. The van der Waals surface area contributed by atoms with Gasteiger partial charge in [-0.1, -0.05) is 0 Å². The largest absolute Gasteiger partial charge is 0.478 e. The minimum absolute atomic E-state index is 0. The first-order valence-corrected chi connectivity index (χ1v) is 5.69. The van der Waals surface area contributed by atoms with Crippen LogP contribution in [-0.4, -0.2) is 34.8 Å². The summed E-state index contributed by atoms with van der Waals surface area (Å²) in [5.41, 5.74) is -0.398. The van der Waals surface area contributed by atoms with Gasteiger partial charge in [0.05, 0.1) is 5.69 Å². The SMILES string of the molecule is Cc1ncccc1OC1(C(=O)O)CCNCC1.Cl.Cl. The van der Waals surface area contributed by atoms with Crippen LogP contribution in [-0.2, 0) is 4.79 Å². The van der Waals surface area contributed by atoms with E-state index in [4.69, 9.17) is 4.74 Å². The summed E-state index contributed by atoms with van der Waals surface area (Å²) < 4.78 is 5.73. The molecular formula is C12H18Cl2N2O3. The van der Waals surface area contributed by atoms with Crippen molar-refractivity contribution in [3.63, 3.8) is 0 Å². The highest BCUT2D eigenvalue weighted by molar-refractivity contribution is 5.85. The predicted octanol–water partition coefficient (Wildman–Crippen LogP) is 1.82. The van der Waals surface area contributed by atoms with Gasteiger partial charge in [-0.2, -0.15) is 0 Å². The number of aromatic nitrogens is 1. The van der Waals surface area contributed by atoms with E-state index < -0.39 is 11.6 Å². The van der Waals surface area contributed by atoms with E-state index in [1.807, 2.05) is 6.92 Å². The van der Waals surface area contributed by atoms with E-state index in [1.165, 1.54) is 0 Å². The fourth-order valence-corrected chi connectivity index (χ4v) is 1.98. The van der Waals surface area contributed by atoms with Gasteiger partial charge in [-0.3, -0.25) is 4.98 Å². The Morgan fingerprint density at radius 3 is 2.58 bits per heavy atom. The van der Waals surface area contributed by atoms with Crippen molar-refractivity contribution in [3.8, 4) is 5.75 Å². The maximum absolute atomic E-state index is 11.4. The lowest BCUT2D eigenvalue weighted by Gasteiger charge is -2.34. The summed E-state index contributed by atoms with van der Waals surface area (Å²) in [7, 11) is 0. The van der Waals surface area contributed by atoms with E-state index in [0.717, 1.165) is 0 Å². The molecule has 7 heteroatoms. The first-order chi connectivity index (χ1) is 8.14. The topological polar surface area (TPSA) is 71.5 Å². The molecule has 0 aromatic carbocycles. The van der Waals surface area contributed by atoms with Gasteiger partial charge in [-0.25, -0.2) is 4.79 Å². The molecule has 1 aliphatic heterocycles. The molecule has 2 rings (SSSR count). The Hall–Kier alpha value is -1.04. The minimum atomic E-state index is -1.11. The van der Waals surface area contributed by atoms with Gasteiger partial charge in [-0.15, -0.1) is 24.8 Å². The molecule has 19 heavy (non-hydrogen) atoms. The van der Waals surface area contributed by atoms with Crippen molar-refractivity contribution in [3.05, 3.63) is 24.0 Å². The maximum Gasteiger partial charge on any atom is 0.348 e. The van der Waals surface area contributed by atoms with E-state index >= 15 is 0 Å². The number of pyridine rings is 1. The summed E-state index contributed by atoms with van der Waals surface area (Å²) in [6, 6.07) is 3.51. The third kappa shape index (κ3) is 3.96. The van der Waals surface area contributed by atoms with Gasteiger partial charge in [0.15, 0.2) is 0 Å². The van der Waals surface area contributed by atoms with Crippen molar-refractivity contribution in [2.75, 3.05) is 13.1 Å². The summed E-state index contributed by atoms with van der Waals surface area (Å²) >= 11 is 0. The summed E-state index contributed by atoms with van der Waals surface area (Å²) in [4.78, 5) is 15.5. The molecule has 108 valence electrons. The van der Waals surface area contributed by atoms with E-state index in [1.54, 1.807) is 18.3 Å². The Kier molecular flexibility index (Phi) is 7.11. The van der Waals surface area contributed by atoms with Crippen LogP contribution < -0.4 is 10.1 Å². The van der Waals surface area contributed by atoms with Crippen LogP contribution in [0.1, 0.15) is 18.5 Å². The first-order valence-electron chi connectivity index (χ1n) is 5.69. The molecule has 5 nitrogen and oxygen atoms in total. The molecule has 1 saturated heterocycles. The number of aliphatic carboxylic acids is 1. The Balaban J connectivity index is 0.00000162. The lowest BCUT2D eigenvalue weighted by molar-refractivity contribution is -0.157. The zero-order chi connectivity index (χ0) is 12.3. The van der Waals surface area contributed by atoms with Crippen LogP contribution in [0.2, 0.25) is 0 Å². The Labute approximate surface area is 124 Å². The second-order valence-electron chi connectivity index (χ2n) is 4.24. The molecule has 0 amide bonds. The van der Waals surface area contributed by atoms with E-state index in [0.29, 0.717) is 37.4 Å². The van der Waals surface area contributed by atoms with Gasteiger partial charge in [0.2, 0.25) is 5.60 Å². The smallest absolute Gasteiger partial charge is 0.348 e. The monoisotopic (exact) mass is 308 g/mol. The molecule has 0 spiro atoms. The normalized spacial score (nSPS) is 16.7. The van der Waals surface area contributed by atoms with Crippen molar-refractivity contribution < 1.29 is 14.6 Å². The highest BCUT2D eigenvalue weighted by Gasteiger charge is 2.42. The number of nitrogens with one attached hydrogen (secondary N) is 1. The van der Waals surface area contributed by atoms with Gasteiger partial charge in [-0.05, 0) is 32.1 Å². The van der Waals surface area contributed by atoms with Crippen LogP contribution in [0.15, 0.2) is 18.3 Å². The molecule has 0 radical (unpaired) electrons. The number of hydrogen-bond acceptors (Lipinski definition) is 4. The zero-order valence-electron chi connectivity index (χ0n) is 10.6. The van der Waals surface area contributed by atoms with Gasteiger partial charge in [0, 0.05) is 19.0 Å². The summed E-state index contributed by atoms with van der Waals surface area (Å²) in [6.07, 6.45) is 2.60. The van der Waals surface area contributed by atoms with Crippen LogP contribution in [0.25, 0.3) is 0 Å². The van der Waals surface area contributed by atoms with Crippen molar-refractivity contribution >= 4 is 30.8 Å². The van der Waals surface area contributed by atoms with Crippen LogP contribution in [0.3, 0.4) is 0 Å². The van der Waals surface area contributed by atoms with E-state index in [9.17, 15) is 9.90 Å². The van der Waals surface area contributed by atoms with Crippen LogP contribution in [0.4, 0.5) is 0 Å². The summed E-state index contributed by atoms with van der Waals surface area (Å²) in [5.74, 6) is -0.348. The second kappa shape index (κ2) is 7.53. The molecule has 1 aliphatic rings. The molecule has 0 unspecified atom stereocenters. The first kappa shape index (κ1) is 18.0. The standard InChI is InChI=1S/C12H16N2O3.2ClH/c1-9-10(3-2-6-14-9)17-12(11(15)16)4-7-13-8-5-12;;/h2-3,6,13H,4-5,7-8H2,1H3,(H,15,16);2*1H. The maximum atomic E-state index is 11.4. The number of nitrogens with zero attached hydrogens (tertiary/aromatic N) is 1. The molecule has 2 N–H and O–H groups in total. The number of aryl methyl sites for hydroxylation is 1. The molecule has 0 aliphatic carbocycles. The van der Waals surface area contributed by atoms with Crippen molar-refractivity contribution in [2.24, 2.45) is 0 Å². The van der Waals surface area contributed by atoms with E-state index in [-0.39, 0.29) is 24.8 Å². The summed E-state index contributed by atoms with van der Waals surface area (Å²) in [5, 5.41) is 12.5. The quantitative estimate of drug-likeness (QED) is 0.891. The van der Waals surface area contributed by atoms with Crippen LogP contribution in [0.5, 0.6) is 5.75 Å². The molecule has 1 fully saturated rings. The van der Waals surface area contributed by atoms with Gasteiger partial charge >= 0.3 is 5.97 Å². The summed E-state index contributed by atoms with van der Waals surface area (Å²) in [6.45, 7) is 3.13. The average molecular weight is 309 g/mol. The van der Waals surface area contributed by atoms with Gasteiger partial charge < -0.3 is 15.2 Å². The van der Waals surface area contributed by atoms with Gasteiger partial charge in [0.1, 0.15) is 5.75 Å². The second-order valence-corrected chi connectivity index (χ2v) is 4.24. The Morgan fingerprint density at radius 1 is 1.42 bits per heavy atom. The van der Waals surface area contributed by atoms with Crippen LogP contribution in [0, 0.1) is 6.92 Å². The third-order valence-electron chi connectivity index (χ3n) is 3.06. The van der Waals surface area contributed by atoms with Crippen molar-refractivity contribution in [2.45, 2.75) is 25.4 Å². The minimum Gasteiger partial charge on any atom is -0.478 e. The van der Waals surface area contributed by atoms with Crippen molar-refractivity contribution in [1.29, 1.82) is 0 Å². The van der Waals surface area contributed by atoms with E-state index in [2.05, 4.69) is 10.3 Å². The van der Waals surface area contributed by atoms with Gasteiger partial charge in [0.25, 0.3) is 0 Å². The fraction of sp³-hybridized carbons (Fsp3) is 0.500. The number of hydrogen-bond donors (Lipinski definition) is 2. The molecular weight excluding hydrogens is 291 g/mol. The molecule has 0 atom stereocenters. The molecule has 2 heterocycles. The number of carboxylic acid groups (broad SMARTS) is 1. The molecule has 0 saturated carbocycles. The predicted molar refractivity (Wildman–Crippen MR) is 76.6 cm³/mol. The van der Waals surface area contributed by atoms with Crippen molar-refractivity contribution in [1.82, 2.24) is 10.3 Å².